The summed E-state index contributed by atoms with van der Waals surface area (Å²) in [6.07, 6.45) is 10.2. The molecule has 0 heterocycles. The van der Waals surface area contributed by atoms with Crippen LogP contribution < -0.4 is 9.47 Å². The molecule has 0 atom stereocenters. The average molecular weight is 491 g/mol. The summed E-state index contributed by atoms with van der Waals surface area (Å²) in [5.41, 5.74) is 2.42. The minimum absolute atomic E-state index is 0.0834. The molecule has 6 nitrogen and oxygen atoms in total. The third kappa shape index (κ3) is 5.23. The van der Waals surface area contributed by atoms with E-state index in [2.05, 4.69) is 18.1 Å². The van der Waals surface area contributed by atoms with Crippen LogP contribution in [-0.4, -0.2) is 40.2 Å². The van der Waals surface area contributed by atoms with E-state index in [0.717, 1.165) is 23.5 Å². The van der Waals surface area contributed by atoms with E-state index in [0.29, 0.717) is 30.1 Å². The summed E-state index contributed by atoms with van der Waals surface area (Å²) in [7, 11) is 3.26. The van der Waals surface area contributed by atoms with Gasteiger partial charge in [-0.05, 0) is 85.8 Å². The van der Waals surface area contributed by atoms with Gasteiger partial charge < -0.3 is 23.7 Å². The van der Waals surface area contributed by atoms with Gasteiger partial charge >= 0.3 is 5.97 Å². The van der Waals surface area contributed by atoms with E-state index in [1.54, 1.807) is 38.5 Å². The Morgan fingerprint density at radius 2 is 1.64 bits per heavy atom. The van der Waals surface area contributed by atoms with Crippen molar-refractivity contribution >= 4 is 5.97 Å². The van der Waals surface area contributed by atoms with Gasteiger partial charge in [0, 0.05) is 18.7 Å². The molecule has 0 unspecified atom stereocenters. The largest absolute Gasteiger partial charge is 0.495 e. The standard InChI is InChI=1S/C30H34O6/c1-32-10-11-34-20-36-28-16-27(33-2)25(8-9-35-29(31)24-6-4-3-5-7-24)15-26(28)30-17-21-12-22(18-30)14-23(13-21)19-30/h3-7,15-16,21-23H,10-14,17-20H2,1-2H3. The molecule has 0 N–H and O–H groups in total. The maximum Gasteiger partial charge on any atom is 0.352 e. The molecular weight excluding hydrogens is 456 g/mol. The molecule has 4 bridgehead atoms. The van der Waals surface area contributed by atoms with Gasteiger partial charge in [0.2, 0.25) is 0 Å². The number of ether oxygens (including phenoxy) is 5. The van der Waals surface area contributed by atoms with E-state index < -0.39 is 5.97 Å². The van der Waals surface area contributed by atoms with Crippen LogP contribution in [0.15, 0.2) is 42.5 Å². The topological polar surface area (TPSA) is 63.2 Å². The van der Waals surface area contributed by atoms with Gasteiger partial charge in [-0.15, -0.1) is 0 Å². The number of benzene rings is 2. The number of carbonyl (C=O) groups excluding carboxylic acids is 1. The predicted octanol–water partition coefficient (Wildman–Crippen LogP) is 5.33. The molecule has 4 saturated carbocycles. The zero-order chi connectivity index (χ0) is 25.0. The first-order chi connectivity index (χ1) is 17.6. The Morgan fingerprint density at radius 3 is 2.28 bits per heavy atom. The van der Waals surface area contributed by atoms with Crippen molar-refractivity contribution in [2.45, 2.75) is 43.9 Å². The van der Waals surface area contributed by atoms with Crippen molar-refractivity contribution in [3.63, 3.8) is 0 Å². The molecule has 6 rings (SSSR count). The van der Waals surface area contributed by atoms with Gasteiger partial charge in [-0.3, -0.25) is 0 Å². The van der Waals surface area contributed by atoms with Crippen molar-refractivity contribution < 1.29 is 28.5 Å². The zero-order valence-corrected chi connectivity index (χ0v) is 21.1. The Kier molecular flexibility index (Phi) is 7.50. The van der Waals surface area contributed by atoms with Crippen molar-refractivity contribution in [3.05, 3.63) is 59.2 Å². The molecule has 4 aliphatic rings. The van der Waals surface area contributed by atoms with Crippen LogP contribution in [0.5, 0.6) is 11.5 Å². The van der Waals surface area contributed by atoms with E-state index in [9.17, 15) is 4.79 Å². The van der Waals surface area contributed by atoms with Crippen LogP contribution in [0.25, 0.3) is 0 Å². The van der Waals surface area contributed by atoms with Gasteiger partial charge in [-0.2, -0.15) is 0 Å². The summed E-state index contributed by atoms with van der Waals surface area (Å²) >= 11 is 0. The summed E-state index contributed by atoms with van der Waals surface area (Å²) in [4.78, 5) is 12.3. The second-order valence-electron chi connectivity index (χ2n) is 10.4. The molecule has 0 spiro atoms. The van der Waals surface area contributed by atoms with Crippen LogP contribution >= 0.6 is 0 Å². The van der Waals surface area contributed by atoms with Crippen LogP contribution in [0.4, 0.5) is 0 Å². The minimum Gasteiger partial charge on any atom is -0.495 e. The first-order valence-electron chi connectivity index (χ1n) is 12.8. The van der Waals surface area contributed by atoms with Crippen LogP contribution in [-0.2, 0) is 19.6 Å². The van der Waals surface area contributed by atoms with E-state index >= 15 is 0 Å². The number of methoxy groups -OCH3 is 2. The third-order valence-electron chi connectivity index (χ3n) is 7.98. The van der Waals surface area contributed by atoms with Crippen molar-refractivity contribution in [3.8, 4) is 23.5 Å². The van der Waals surface area contributed by atoms with E-state index in [1.165, 1.54) is 44.1 Å². The molecule has 0 amide bonds. The Labute approximate surface area is 213 Å². The molecule has 36 heavy (non-hydrogen) atoms. The highest BCUT2D eigenvalue weighted by atomic mass is 16.7. The van der Waals surface area contributed by atoms with E-state index in [1.807, 2.05) is 12.1 Å². The summed E-state index contributed by atoms with van der Waals surface area (Å²) in [6, 6.07) is 12.9. The molecular formula is C30H34O6. The van der Waals surface area contributed by atoms with Crippen LogP contribution in [0.2, 0.25) is 0 Å². The lowest BCUT2D eigenvalue weighted by Gasteiger charge is -2.57. The quantitative estimate of drug-likeness (QED) is 0.205. The Balaban J connectivity index is 1.44. The van der Waals surface area contributed by atoms with Crippen LogP contribution in [0.1, 0.15) is 60.0 Å². The first-order valence-corrected chi connectivity index (χ1v) is 12.8. The summed E-state index contributed by atoms with van der Waals surface area (Å²) < 4.78 is 27.8. The van der Waals surface area contributed by atoms with Crippen LogP contribution in [0, 0.1) is 29.8 Å². The minimum atomic E-state index is -0.475. The maximum atomic E-state index is 12.3. The fourth-order valence-electron chi connectivity index (χ4n) is 6.87. The van der Waals surface area contributed by atoms with Crippen molar-refractivity contribution in [2.75, 3.05) is 34.2 Å². The van der Waals surface area contributed by atoms with Crippen molar-refractivity contribution in [2.24, 2.45) is 17.8 Å². The number of hydrogen-bond donors (Lipinski definition) is 0. The summed E-state index contributed by atoms with van der Waals surface area (Å²) in [5.74, 6) is 6.27. The monoisotopic (exact) mass is 490 g/mol. The summed E-state index contributed by atoms with van der Waals surface area (Å²) in [6.45, 7) is 1.13. The SMILES string of the molecule is COCCOCOc1cc(OC)c(C#COC(=O)c2ccccc2)cc1C12CC3CC(CC(C3)C1)C2. The predicted molar refractivity (Wildman–Crippen MR) is 135 cm³/mol. The third-order valence-corrected chi connectivity index (χ3v) is 7.98. The number of rotatable bonds is 9. The van der Waals surface area contributed by atoms with Crippen molar-refractivity contribution in [1.29, 1.82) is 0 Å². The molecule has 2 aromatic rings. The molecule has 190 valence electrons. The highest BCUT2D eigenvalue weighted by Gasteiger charge is 2.52. The van der Waals surface area contributed by atoms with Gasteiger partial charge in [-0.1, -0.05) is 18.2 Å². The molecule has 4 fully saturated rings. The Morgan fingerprint density at radius 1 is 0.944 bits per heavy atom. The molecule has 0 saturated heterocycles. The Hall–Kier alpha value is -3.01. The van der Waals surface area contributed by atoms with Gasteiger partial charge in [-0.25, -0.2) is 4.79 Å². The lowest BCUT2D eigenvalue weighted by atomic mass is 9.48. The number of hydrogen-bond acceptors (Lipinski definition) is 6. The highest BCUT2D eigenvalue weighted by molar-refractivity contribution is 5.90. The van der Waals surface area contributed by atoms with E-state index in [4.69, 9.17) is 23.7 Å². The Bertz CT molecular complexity index is 1090. The lowest BCUT2D eigenvalue weighted by molar-refractivity contribution is -0.0190. The number of carbonyl (C=O) groups is 1. The molecule has 4 aliphatic carbocycles. The van der Waals surface area contributed by atoms with Gasteiger partial charge in [0.1, 0.15) is 17.6 Å². The van der Waals surface area contributed by atoms with Crippen molar-refractivity contribution in [1.82, 2.24) is 0 Å². The normalized spacial score (nSPS) is 25.7. The second-order valence-corrected chi connectivity index (χ2v) is 10.4. The molecule has 2 aromatic carbocycles. The smallest absolute Gasteiger partial charge is 0.352 e. The van der Waals surface area contributed by atoms with Gasteiger partial charge in [0.25, 0.3) is 0 Å². The summed E-state index contributed by atoms with van der Waals surface area (Å²) in [5, 5.41) is 0. The molecule has 0 radical (unpaired) electrons. The first kappa shape index (κ1) is 24.7. The molecule has 0 aliphatic heterocycles. The fourth-order valence-corrected chi connectivity index (χ4v) is 6.87. The fraction of sp³-hybridized carbons (Fsp3) is 0.500. The van der Waals surface area contributed by atoms with E-state index in [-0.39, 0.29) is 12.2 Å². The molecule has 0 aromatic heterocycles. The average Bonchev–Trinajstić information content (AvgIpc) is 2.88. The van der Waals surface area contributed by atoms with Gasteiger partial charge in [0.05, 0.1) is 31.5 Å². The molecule has 6 heteroatoms. The number of esters is 1. The van der Waals surface area contributed by atoms with Gasteiger partial charge in [0.15, 0.2) is 6.79 Å². The highest BCUT2D eigenvalue weighted by Crippen LogP contribution is 2.62. The second kappa shape index (κ2) is 10.9. The lowest BCUT2D eigenvalue weighted by Crippen LogP contribution is -2.48. The van der Waals surface area contributed by atoms with Crippen LogP contribution in [0.3, 0.4) is 0 Å². The zero-order valence-electron chi connectivity index (χ0n) is 21.1. The maximum absolute atomic E-state index is 12.3.